The Morgan fingerprint density at radius 1 is 1.26 bits per heavy atom. The van der Waals surface area contributed by atoms with Crippen LogP contribution in [0.3, 0.4) is 0 Å². The molecular formula is C16H22ClN3O3. The normalized spacial score (nSPS) is 24.6. The largest absolute Gasteiger partial charge is 0.379 e. The van der Waals surface area contributed by atoms with Gasteiger partial charge in [0.15, 0.2) is 0 Å². The van der Waals surface area contributed by atoms with E-state index in [2.05, 4.69) is 14.9 Å². The average Bonchev–Trinajstić information content (AvgIpc) is 2.59. The molecule has 2 heterocycles. The van der Waals surface area contributed by atoms with Crippen LogP contribution in [-0.2, 0) is 14.2 Å². The summed E-state index contributed by atoms with van der Waals surface area (Å²) in [5.41, 5.74) is 0. The number of hydrogen-bond acceptors (Lipinski definition) is 6. The van der Waals surface area contributed by atoms with Gasteiger partial charge in [-0.3, -0.25) is 4.90 Å². The minimum absolute atomic E-state index is 0.156. The lowest BCUT2D eigenvalue weighted by Gasteiger charge is -2.27. The van der Waals surface area contributed by atoms with Crippen molar-refractivity contribution in [2.45, 2.75) is 18.6 Å². The molecule has 1 aromatic heterocycles. The minimum Gasteiger partial charge on any atom is -0.379 e. The highest BCUT2D eigenvalue weighted by molar-refractivity contribution is 6.29. The van der Waals surface area contributed by atoms with Crippen LogP contribution in [0.15, 0.2) is 6.33 Å². The zero-order valence-corrected chi connectivity index (χ0v) is 14.0. The molecule has 6 nitrogen and oxygen atoms in total. The number of methoxy groups -OCH3 is 1. The molecule has 2 aliphatic rings. The average molecular weight is 340 g/mol. The summed E-state index contributed by atoms with van der Waals surface area (Å²) >= 11 is 6.14. The molecule has 0 aromatic carbocycles. The van der Waals surface area contributed by atoms with Crippen molar-refractivity contribution in [3.63, 3.8) is 0 Å². The minimum atomic E-state index is -0.166. The maximum atomic E-state index is 6.14. The van der Waals surface area contributed by atoms with E-state index in [-0.39, 0.29) is 12.2 Å². The van der Waals surface area contributed by atoms with E-state index in [1.807, 2.05) is 12.2 Å². The molecule has 0 N–H and O–H groups in total. The molecular weight excluding hydrogens is 318 g/mol. The number of fused-ring (bicyclic) bond motifs is 1. The van der Waals surface area contributed by atoms with Crippen LogP contribution in [0, 0.1) is 0 Å². The lowest BCUT2D eigenvalue weighted by Crippen LogP contribution is -2.43. The van der Waals surface area contributed by atoms with Gasteiger partial charge in [0, 0.05) is 38.6 Å². The first-order chi connectivity index (χ1) is 11.3. The maximum Gasteiger partial charge on any atom is 0.140 e. The maximum absolute atomic E-state index is 6.14. The molecule has 0 amide bonds. The van der Waals surface area contributed by atoms with Crippen LogP contribution in [0.25, 0.3) is 12.2 Å². The van der Waals surface area contributed by atoms with Crippen LogP contribution in [0.1, 0.15) is 6.42 Å². The summed E-state index contributed by atoms with van der Waals surface area (Å²) in [5.74, 6) is 0. The van der Waals surface area contributed by atoms with Crippen LogP contribution in [0.4, 0.5) is 0 Å². The predicted octanol–water partition coefficient (Wildman–Crippen LogP) is -0.173. The summed E-state index contributed by atoms with van der Waals surface area (Å²) in [7, 11) is 1.67. The third-order valence-electron chi connectivity index (χ3n) is 4.15. The van der Waals surface area contributed by atoms with Crippen molar-refractivity contribution in [1.82, 2.24) is 14.9 Å². The van der Waals surface area contributed by atoms with Crippen molar-refractivity contribution < 1.29 is 14.2 Å². The third-order valence-corrected chi connectivity index (χ3v) is 4.45. The first-order valence-corrected chi connectivity index (χ1v) is 8.30. The Hall–Kier alpha value is -1.05. The van der Waals surface area contributed by atoms with Gasteiger partial charge in [-0.05, 0) is 18.6 Å². The van der Waals surface area contributed by atoms with Crippen molar-refractivity contribution in [3.05, 3.63) is 22.0 Å². The molecule has 1 aliphatic heterocycles. The number of hydrogen-bond donors (Lipinski definition) is 0. The van der Waals surface area contributed by atoms with Crippen LogP contribution in [0.5, 0.6) is 0 Å². The lowest BCUT2D eigenvalue weighted by molar-refractivity contribution is -0.00398. The SMILES string of the molecule is COC1C=c2ncnc(Cl)c2=CC1OCCCN1CCOCC1. The molecule has 3 rings (SSSR count). The molecule has 1 fully saturated rings. The second-order valence-electron chi connectivity index (χ2n) is 5.64. The van der Waals surface area contributed by atoms with Gasteiger partial charge >= 0.3 is 0 Å². The van der Waals surface area contributed by atoms with Gasteiger partial charge in [0.1, 0.15) is 23.7 Å². The van der Waals surface area contributed by atoms with Crippen LogP contribution in [-0.4, -0.2) is 73.6 Å². The van der Waals surface area contributed by atoms with Gasteiger partial charge in [0.05, 0.1) is 18.6 Å². The van der Waals surface area contributed by atoms with Gasteiger partial charge in [-0.1, -0.05) is 11.6 Å². The number of morpholine rings is 1. The van der Waals surface area contributed by atoms with Gasteiger partial charge in [-0.2, -0.15) is 0 Å². The van der Waals surface area contributed by atoms with E-state index in [0.29, 0.717) is 11.8 Å². The molecule has 2 unspecified atom stereocenters. The first-order valence-electron chi connectivity index (χ1n) is 7.92. The summed E-state index contributed by atoms with van der Waals surface area (Å²) in [6.45, 7) is 5.36. The summed E-state index contributed by atoms with van der Waals surface area (Å²) in [4.78, 5) is 10.7. The van der Waals surface area contributed by atoms with Crippen LogP contribution < -0.4 is 10.6 Å². The van der Waals surface area contributed by atoms with E-state index in [1.54, 1.807) is 7.11 Å². The quantitative estimate of drug-likeness (QED) is 0.530. The summed E-state index contributed by atoms with van der Waals surface area (Å²) in [5, 5.41) is 2.06. The van der Waals surface area contributed by atoms with E-state index in [4.69, 9.17) is 25.8 Å². The Kier molecular flexibility index (Phi) is 5.96. The van der Waals surface area contributed by atoms with Gasteiger partial charge < -0.3 is 14.2 Å². The summed E-state index contributed by atoms with van der Waals surface area (Å²) < 4.78 is 16.9. The van der Waals surface area contributed by atoms with E-state index in [1.165, 1.54) is 6.33 Å². The zero-order chi connectivity index (χ0) is 16.1. The molecule has 7 heteroatoms. The Morgan fingerprint density at radius 2 is 2.09 bits per heavy atom. The fourth-order valence-electron chi connectivity index (χ4n) is 2.86. The molecule has 2 atom stereocenters. The fourth-order valence-corrected chi connectivity index (χ4v) is 3.06. The second kappa shape index (κ2) is 8.17. The highest BCUT2D eigenvalue weighted by atomic mass is 35.5. The van der Waals surface area contributed by atoms with Crippen molar-refractivity contribution in [2.75, 3.05) is 46.6 Å². The Labute approximate surface area is 140 Å². The molecule has 126 valence electrons. The predicted molar refractivity (Wildman–Crippen MR) is 87.6 cm³/mol. The number of aromatic nitrogens is 2. The monoisotopic (exact) mass is 339 g/mol. The van der Waals surface area contributed by atoms with Crippen LogP contribution >= 0.6 is 11.6 Å². The lowest BCUT2D eigenvalue weighted by atomic mass is 10.1. The number of rotatable bonds is 6. The number of nitrogens with zero attached hydrogens (tertiary/aromatic N) is 3. The smallest absolute Gasteiger partial charge is 0.140 e. The summed E-state index contributed by atoms with van der Waals surface area (Å²) in [6.07, 6.45) is 6.02. The second-order valence-corrected chi connectivity index (χ2v) is 6.00. The fraction of sp³-hybridized carbons (Fsp3) is 0.625. The first kappa shape index (κ1) is 16.8. The standard InChI is InChI=1S/C16H22ClN3O3/c1-21-14-10-13-12(16(17)19-11-18-13)9-15(14)23-6-2-3-20-4-7-22-8-5-20/h9-11,14-15H,2-8H2,1H3. The van der Waals surface area contributed by atoms with Crippen molar-refractivity contribution in [1.29, 1.82) is 0 Å². The summed E-state index contributed by atoms with van der Waals surface area (Å²) in [6, 6.07) is 0. The van der Waals surface area contributed by atoms with Gasteiger partial charge in [-0.25, -0.2) is 9.97 Å². The Balaban J connectivity index is 1.57. The molecule has 23 heavy (non-hydrogen) atoms. The van der Waals surface area contributed by atoms with E-state index < -0.39 is 0 Å². The molecule has 0 spiro atoms. The molecule has 0 radical (unpaired) electrons. The van der Waals surface area contributed by atoms with Crippen molar-refractivity contribution in [3.8, 4) is 0 Å². The zero-order valence-electron chi connectivity index (χ0n) is 13.3. The van der Waals surface area contributed by atoms with Gasteiger partial charge in [-0.15, -0.1) is 0 Å². The topological polar surface area (TPSA) is 56.7 Å². The van der Waals surface area contributed by atoms with E-state index in [9.17, 15) is 0 Å². The molecule has 1 saturated heterocycles. The van der Waals surface area contributed by atoms with E-state index in [0.717, 1.165) is 49.8 Å². The van der Waals surface area contributed by atoms with Crippen molar-refractivity contribution >= 4 is 23.8 Å². The number of ether oxygens (including phenoxy) is 3. The molecule has 0 saturated carbocycles. The van der Waals surface area contributed by atoms with E-state index >= 15 is 0 Å². The van der Waals surface area contributed by atoms with Crippen LogP contribution in [0.2, 0.25) is 5.15 Å². The molecule has 1 aromatic rings. The Bertz CT molecular complexity index is 634. The Morgan fingerprint density at radius 3 is 2.87 bits per heavy atom. The molecule has 0 bridgehead atoms. The van der Waals surface area contributed by atoms with Crippen molar-refractivity contribution in [2.24, 2.45) is 0 Å². The third kappa shape index (κ3) is 4.28. The molecule has 1 aliphatic carbocycles. The van der Waals surface area contributed by atoms with Gasteiger partial charge in [0.2, 0.25) is 0 Å². The number of halogens is 1. The van der Waals surface area contributed by atoms with Gasteiger partial charge in [0.25, 0.3) is 0 Å². The highest BCUT2D eigenvalue weighted by Crippen LogP contribution is 2.11. The highest BCUT2D eigenvalue weighted by Gasteiger charge is 2.22.